The van der Waals surface area contributed by atoms with Gasteiger partial charge in [-0.2, -0.15) is 0 Å². The van der Waals surface area contributed by atoms with Crippen molar-refractivity contribution < 1.29 is 22.7 Å². The number of para-hydroxylation sites is 2. The summed E-state index contributed by atoms with van der Waals surface area (Å²) in [5.41, 5.74) is 0.563. The molecule has 0 amide bonds. The summed E-state index contributed by atoms with van der Waals surface area (Å²) in [5, 5.41) is 0. The van der Waals surface area contributed by atoms with Gasteiger partial charge in [-0.1, -0.05) is 12.1 Å². The second kappa shape index (κ2) is 6.80. The van der Waals surface area contributed by atoms with E-state index in [4.69, 9.17) is 4.74 Å². The van der Waals surface area contributed by atoms with Crippen LogP contribution < -0.4 is 9.04 Å². The van der Waals surface area contributed by atoms with Crippen LogP contribution in [-0.2, 0) is 19.6 Å². The summed E-state index contributed by atoms with van der Waals surface area (Å²) < 4.78 is 36.4. The molecule has 0 radical (unpaired) electrons. The SMILES string of the molecule is COC(=O)CCCS(=O)(=O)N1CCCOc2ccccc21. The van der Waals surface area contributed by atoms with Crippen LogP contribution in [0.4, 0.5) is 5.69 Å². The van der Waals surface area contributed by atoms with Gasteiger partial charge in [0.1, 0.15) is 5.75 Å². The predicted octanol–water partition coefficient (Wildman–Crippen LogP) is 1.56. The first-order valence-electron chi connectivity index (χ1n) is 6.83. The van der Waals surface area contributed by atoms with Gasteiger partial charge in [-0.3, -0.25) is 9.10 Å². The lowest BCUT2D eigenvalue weighted by Crippen LogP contribution is -2.33. The third kappa shape index (κ3) is 3.87. The zero-order valence-electron chi connectivity index (χ0n) is 11.9. The van der Waals surface area contributed by atoms with Gasteiger partial charge in [-0.15, -0.1) is 0 Å². The summed E-state index contributed by atoms with van der Waals surface area (Å²) >= 11 is 0. The maximum absolute atomic E-state index is 12.5. The molecule has 0 aromatic heterocycles. The van der Waals surface area contributed by atoms with E-state index in [9.17, 15) is 13.2 Å². The molecule has 1 aliphatic heterocycles. The fraction of sp³-hybridized carbons (Fsp3) is 0.500. The Morgan fingerprint density at radius 3 is 2.90 bits per heavy atom. The summed E-state index contributed by atoms with van der Waals surface area (Å²) in [6.07, 6.45) is 0.973. The van der Waals surface area contributed by atoms with Gasteiger partial charge in [0.15, 0.2) is 0 Å². The molecule has 0 spiro atoms. The van der Waals surface area contributed by atoms with Gasteiger partial charge in [-0.05, 0) is 18.6 Å². The van der Waals surface area contributed by atoms with Crippen LogP contribution in [0.15, 0.2) is 24.3 Å². The maximum Gasteiger partial charge on any atom is 0.305 e. The summed E-state index contributed by atoms with van der Waals surface area (Å²) in [6, 6.07) is 7.09. The standard InChI is InChI=1S/C14H19NO5S/c1-19-14(16)8-4-11-21(17,18)15-9-5-10-20-13-7-3-2-6-12(13)15/h2-3,6-7H,4-5,8-11H2,1H3. The molecule has 0 aliphatic carbocycles. The van der Waals surface area contributed by atoms with Crippen LogP contribution in [0.25, 0.3) is 0 Å². The van der Waals surface area contributed by atoms with Gasteiger partial charge >= 0.3 is 5.97 Å². The second-order valence-corrected chi connectivity index (χ2v) is 6.75. The fourth-order valence-corrected chi connectivity index (χ4v) is 3.78. The molecule has 0 unspecified atom stereocenters. The fourth-order valence-electron chi connectivity index (χ4n) is 2.20. The van der Waals surface area contributed by atoms with Crippen molar-refractivity contribution in [3.8, 4) is 5.75 Å². The van der Waals surface area contributed by atoms with E-state index in [1.807, 2.05) is 6.07 Å². The quantitative estimate of drug-likeness (QED) is 0.771. The molecular formula is C14H19NO5S. The van der Waals surface area contributed by atoms with Crippen molar-refractivity contribution in [1.82, 2.24) is 0 Å². The van der Waals surface area contributed by atoms with Crippen LogP contribution >= 0.6 is 0 Å². The summed E-state index contributed by atoms with van der Waals surface area (Å²) in [6.45, 7) is 0.878. The number of carbonyl (C=O) groups is 1. The van der Waals surface area contributed by atoms with E-state index in [0.29, 0.717) is 31.0 Å². The Morgan fingerprint density at radius 1 is 1.38 bits per heavy atom. The molecule has 1 aliphatic rings. The Bertz CT molecular complexity index is 599. The highest BCUT2D eigenvalue weighted by Crippen LogP contribution is 2.32. The van der Waals surface area contributed by atoms with Crippen LogP contribution in [-0.4, -0.2) is 40.4 Å². The molecule has 0 saturated heterocycles. The highest BCUT2D eigenvalue weighted by Gasteiger charge is 2.26. The number of hydrogen-bond donors (Lipinski definition) is 0. The zero-order chi connectivity index (χ0) is 15.3. The predicted molar refractivity (Wildman–Crippen MR) is 78.9 cm³/mol. The van der Waals surface area contributed by atoms with Gasteiger partial charge in [-0.25, -0.2) is 8.42 Å². The number of benzene rings is 1. The Balaban J connectivity index is 2.14. The minimum Gasteiger partial charge on any atom is -0.491 e. The van der Waals surface area contributed by atoms with E-state index < -0.39 is 16.0 Å². The van der Waals surface area contributed by atoms with Crippen LogP contribution in [0.5, 0.6) is 5.75 Å². The topological polar surface area (TPSA) is 72.9 Å². The molecule has 7 heteroatoms. The van der Waals surface area contributed by atoms with E-state index >= 15 is 0 Å². The average molecular weight is 313 g/mol. The van der Waals surface area contributed by atoms with Crippen LogP contribution in [0.3, 0.4) is 0 Å². The molecule has 1 aromatic rings. The highest BCUT2D eigenvalue weighted by molar-refractivity contribution is 7.92. The van der Waals surface area contributed by atoms with Crippen molar-refractivity contribution in [3.63, 3.8) is 0 Å². The number of fused-ring (bicyclic) bond motifs is 1. The van der Waals surface area contributed by atoms with Crippen molar-refractivity contribution in [1.29, 1.82) is 0 Å². The Kier molecular flexibility index (Phi) is 5.06. The summed E-state index contributed by atoms with van der Waals surface area (Å²) in [7, 11) is -2.19. The molecule has 2 rings (SSSR count). The zero-order valence-corrected chi connectivity index (χ0v) is 12.8. The lowest BCUT2D eigenvalue weighted by atomic mass is 10.3. The minimum absolute atomic E-state index is 0.0869. The number of rotatable bonds is 5. The van der Waals surface area contributed by atoms with E-state index in [1.165, 1.54) is 11.4 Å². The first-order chi connectivity index (χ1) is 10.0. The number of ether oxygens (including phenoxy) is 2. The van der Waals surface area contributed by atoms with E-state index in [0.717, 1.165) is 0 Å². The molecule has 1 heterocycles. The van der Waals surface area contributed by atoms with Gasteiger partial charge in [0.05, 0.1) is 25.2 Å². The number of hydrogen-bond acceptors (Lipinski definition) is 5. The first kappa shape index (κ1) is 15.6. The molecule has 1 aromatic carbocycles. The molecule has 0 fully saturated rings. The number of carbonyl (C=O) groups excluding carboxylic acids is 1. The van der Waals surface area contributed by atoms with E-state index in [2.05, 4.69) is 4.74 Å². The van der Waals surface area contributed by atoms with Crippen LogP contribution in [0.1, 0.15) is 19.3 Å². The smallest absolute Gasteiger partial charge is 0.305 e. The Labute approximate surface area is 124 Å². The lowest BCUT2D eigenvalue weighted by molar-refractivity contribution is -0.140. The monoisotopic (exact) mass is 313 g/mol. The molecule has 116 valence electrons. The molecule has 0 N–H and O–H groups in total. The number of sulfonamides is 1. The Hall–Kier alpha value is -1.76. The van der Waals surface area contributed by atoms with E-state index in [1.54, 1.807) is 18.2 Å². The third-order valence-corrected chi connectivity index (χ3v) is 5.10. The van der Waals surface area contributed by atoms with Crippen molar-refractivity contribution >= 4 is 21.7 Å². The van der Waals surface area contributed by atoms with Crippen molar-refractivity contribution in [2.45, 2.75) is 19.3 Å². The first-order valence-corrected chi connectivity index (χ1v) is 8.44. The van der Waals surface area contributed by atoms with Gasteiger partial charge in [0.2, 0.25) is 10.0 Å². The molecule has 0 bridgehead atoms. The molecule has 0 saturated carbocycles. The second-order valence-electron chi connectivity index (χ2n) is 4.74. The average Bonchev–Trinajstić information content (AvgIpc) is 2.69. The van der Waals surface area contributed by atoms with Gasteiger partial charge < -0.3 is 9.47 Å². The number of nitrogens with zero attached hydrogens (tertiary/aromatic N) is 1. The maximum atomic E-state index is 12.5. The lowest BCUT2D eigenvalue weighted by Gasteiger charge is -2.23. The number of methoxy groups -OCH3 is 1. The van der Waals surface area contributed by atoms with Gasteiger partial charge in [0.25, 0.3) is 0 Å². The Morgan fingerprint density at radius 2 is 2.14 bits per heavy atom. The summed E-state index contributed by atoms with van der Waals surface area (Å²) in [4.78, 5) is 11.1. The minimum atomic E-state index is -3.48. The van der Waals surface area contributed by atoms with E-state index in [-0.39, 0.29) is 18.6 Å². The van der Waals surface area contributed by atoms with Crippen molar-refractivity contribution in [2.75, 3.05) is 30.3 Å². The highest BCUT2D eigenvalue weighted by atomic mass is 32.2. The molecule has 21 heavy (non-hydrogen) atoms. The molecule has 6 nitrogen and oxygen atoms in total. The van der Waals surface area contributed by atoms with Gasteiger partial charge in [0, 0.05) is 19.4 Å². The normalized spacial score (nSPS) is 14.8. The largest absolute Gasteiger partial charge is 0.491 e. The van der Waals surface area contributed by atoms with Crippen LogP contribution in [0.2, 0.25) is 0 Å². The summed E-state index contributed by atoms with van der Waals surface area (Å²) in [5.74, 6) is 0.0903. The molecule has 0 atom stereocenters. The number of anilines is 1. The van der Waals surface area contributed by atoms with Crippen molar-refractivity contribution in [3.05, 3.63) is 24.3 Å². The third-order valence-electron chi connectivity index (χ3n) is 3.24. The number of esters is 1. The van der Waals surface area contributed by atoms with Crippen LogP contribution in [0, 0.1) is 0 Å². The van der Waals surface area contributed by atoms with Crippen molar-refractivity contribution in [2.24, 2.45) is 0 Å². The molecular weight excluding hydrogens is 294 g/mol.